The van der Waals surface area contributed by atoms with Crippen LogP contribution in [0.1, 0.15) is 24.6 Å². The molecule has 2 aromatic carbocycles. The maximum atomic E-state index is 12.8. The van der Waals surface area contributed by atoms with Crippen LogP contribution < -0.4 is 0 Å². The van der Waals surface area contributed by atoms with Gasteiger partial charge in [-0.25, -0.2) is 4.98 Å². The van der Waals surface area contributed by atoms with Crippen molar-refractivity contribution in [1.82, 2.24) is 14.9 Å². The molecule has 1 fully saturated rings. The Morgan fingerprint density at radius 3 is 2.57 bits per heavy atom. The van der Waals surface area contributed by atoms with E-state index in [4.69, 9.17) is 10.4 Å². The van der Waals surface area contributed by atoms with Crippen molar-refractivity contribution < 1.29 is 4.79 Å². The lowest BCUT2D eigenvalue weighted by Crippen LogP contribution is -2.42. The van der Waals surface area contributed by atoms with E-state index in [0.717, 1.165) is 35.4 Å². The van der Waals surface area contributed by atoms with E-state index in [-0.39, 0.29) is 5.91 Å². The number of fused-ring (bicyclic) bond motifs is 1. The quantitative estimate of drug-likeness (QED) is 0.664. The molecule has 2 N–H and O–H groups in total. The van der Waals surface area contributed by atoms with E-state index < -0.39 is 5.92 Å². The van der Waals surface area contributed by atoms with Gasteiger partial charge < -0.3 is 15.3 Å². The van der Waals surface area contributed by atoms with E-state index >= 15 is 0 Å². The average molecular weight is 373 g/mol. The number of likely N-dealkylation sites (tertiary alicyclic amines) is 1. The van der Waals surface area contributed by atoms with Gasteiger partial charge in [0.25, 0.3) is 0 Å². The van der Waals surface area contributed by atoms with Gasteiger partial charge in [-0.2, -0.15) is 0 Å². The van der Waals surface area contributed by atoms with Gasteiger partial charge in [-0.05, 0) is 37.1 Å². The molecular weight excluding hydrogens is 350 g/mol. The van der Waals surface area contributed by atoms with E-state index in [1.165, 1.54) is 6.21 Å². The topological polar surface area (TPSA) is 85.2 Å². The minimum absolute atomic E-state index is 0.0577. The molecule has 28 heavy (non-hydrogen) atoms. The molecule has 0 saturated carbocycles. The Bertz CT molecular complexity index is 953. The number of aliphatic imine (C=N–C) groups is 1. The molecular formula is C22H23N5O. The largest absolute Gasteiger partial charge is 0.342 e. The van der Waals surface area contributed by atoms with Crippen LogP contribution in [0.15, 0.2) is 59.6 Å². The number of aromatic nitrogens is 2. The molecule has 0 radical (unpaired) electrons. The van der Waals surface area contributed by atoms with Crippen molar-refractivity contribution >= 4 is 35.1 Å². The van der Waals surface area contributed by atoms with E-state index in [1.807, 2.05) is 59.5 Å². The first-order valence-corrected chi connectivity index (χ1v) is 9.58. The Hall–Kier alpha value is -3.28. The van der Waals surface area contributed by atoms with Gasteiger partial charge in [0.05, 0.1) is 16.7 Å². The van der Waals surface area contributed by atoms with E-state index in [0.29, 0.717) is 19.0 Å². The first-order valence-electron chi connectivity index (χ1n) is 9.58. The number of carbonyl (C=O) groups excluding carboxylic acids is 1. The zero-order valence-electron chi connectivity index (χ0n) is 15.6. The van der Waals surface area contributed by atoms with Crippen molar-refractivity contribution in [3.05, 3.63) is 60.4 Å². The van der Waals surface area contributed by atoms with Gasteiger partial charge in [0, 0.05) is 31.4 Å². The summed E-state index contributed by atoms with van der Waals surface area (Å²) in [6.07, 6.45) is 4.47. The van der Waals surface area contributed by atoms with Gasteiger partial charge in [-0.15, -0.1) is 0 Å². The predicted octanol–water partition coefficient (Wildman–Crippen LogP) is 3.94. The van der Waals surface area contributed by atoms with Gasteiger partial charge in [0.15, 0.2) is 0 Å². The van der Waals surface area contributed by atoms with Crippen LogP contribution in [-0.2, 0) is 4.79 Å². The first kappa shape index (κ1) is 18.1. The van der Waals surface area contributed by atoms with E-state index in [2.05, 4.69) is 9.98 Å². The maximum Gasteiger partial charge on any atom is 0.236 e. The zero-order valence-corrected chi connectivity index (χ0v) is 15.6. The van der Waals surface area contributed by atoms with Crippen LogP contribution >= 0.6 is 0 Å². The number of hydrogen-bond donors (Lipinski definition) is 2. The minimum atomic E-state index is -0.622. The Labute approximate surface area is 163 Å². The molecule has 0 aliphatic carbocycles. The van der Waals surface area contributed by atoms with E-state index in [9.17, 15) is 4.79 Å². The molecule has 1 aliphatic rings. The summed E-state index contributed by atoms with van der Waals surface area (Å²) in [7, 11) is 0. The van der Waals surface area contributed by atoms with Crippen molar-refractivity contribution in [2.75, 3.05) is 13.1 Å². The van der Waals surface area contributed by atoms with Crippen molar-refractivity contribution in [1.29, 1.82) is 5.41 Å². The molecule has 3 aromatic rings. The fourth-order valence-corrected chi connectivity index (χ4v) is 3.61. The summed E-state index contributed by atoms with van der Waals surface area (Å²) in [5, 5.41) is 7.63. The number of piperidine rings is 1. The number of H-pyrrole nitrogens is 1. The lowest BCUT2D eigenvalue weighted by Gasteiger charge is -2.32. The third kappa shape index (κ3) is 3.86. The normalized spacial score (nSPS) is 16.5. The molecule has 0 bridgehead atoms. The highest BCUT2D eigenvalue weighted by molar-refractivity contribution is 6.07. The Balaban J connectivity index is 1.38. The molecule has 1 unspecified atom stereocenters. The third-order valence-electron chi connectivity index (χ3n) is 5.21. The number of benzene rings is 2. The Kier molecular flexibility index (Phi) is 5.28. The fraction of sp³-hybridized carbons (Fsp3) is 0.273. The van der Waals surface area contributed by atoms with Gasteiger partial charge in [0.1, 0.15) is 11.7 Å². The van der Waals surface area contributed by atoms with Crippen LogP contribution in [0.5, 0.6) is 0 Å². The monoisotopic (exact) mass is 373 g/mol. The number of para-hydroxylation sites is 3. The second-order valence-electron chi connectivity index (χ2n) is 7.04. The van der Waals surface area contributed by atoms with Crippen LogP contribution in [0.25, 0.3) is 11.0 Å². The number of nitrogens with zero attached hydrogens (tertiary/aromatic N) is 3. The molecule has 1 saturated heterocycles. The van der Waals surface area contributed by atoms with Crippen LogP contribution in [0.4, 0.5) is 5.69 Å². The molecule has 142 valence electrons. The van der Waals surface area contributed by atoms with E-state index in [1.54, 1.807) is 6.21 Å². The van der Waals surface area contributed by atoms with Gasteiger partial charge >= 0.3 is 0 Å². The number of amides is 1. The number of nitrogens with one attached hydrogen (secondary N) is 2. The molecule has 0 spiro atoms. The average Bonchev–Trinajstić information content (AvgIpc) is 3.19. The van der Waals surface area contributed by atoms with Crippen LogP contribution in [0, 0.1) is 11.3 Å². The molecule has 1 amide bonds. The highest BCUT2D eigenvalue weighted by Crippen LogP contribution is 2.28. The van der Waals surface area contributed by atoms with Crippen molar-refractivity contribution in [2.45, 2.75) is 18.8 Å². The number of imidazole rings is 1. The number of carbonyl (C=O) groups is 1. The van der Waals surface area contributed by atoms with Crippen LogP contribution in [0.2, 0.25) is 0 Å². The summed E-state index contributed by atoms with van der Waals surface area (Å²) in [5.41, 5.74) is 2.82. The third-order valence-corrected chi connectivity index (χ3v) is 5.21. The molecule has 1 aliphatic heterocycles. The molecule has 1 atom stereocenters. The summed E-state index contributed by atoms with van der Waals surface area (Å²) in [6.45, 7) is 1.34. The van der Waals surface area contributed by atoms with Crippen molar-refractivity contribution in [3.8, 4) is 0 Å². The Morgan fingerprint density at radius 2 is 1.86 bits per heavy atom. The minimum Gasteiger partial charge on any atom is -0.342 e. The van der Waals surface area contributed by atoms with Gasteiger partial charge in [-0.3, -0.25) is 9.79 Å². The smallest absolute Gasteiger partial charge is 0.236 e. The van der Waals surface area contributed by atoms with Gasteiger partial charge in [0.2, 0.25) is 5.91 Å². The van der Waals surface area contributed by atoms with Crippen molar-refractivity contribution in [2.24, 2.45) is 10.9 Å². The second kappa shape index (κ2) is 8.17. The second-order valence-corrected chi connectivity index (χ2v) is 7.04. The molecule has 6 nitrogen and oxygen atoms in total. The maximum absolute atomic E-state index is 12.8. The fourth-order valence-electron chi connectivity index (χ4n) is 3.61. The number of aromatic amines is 1. The summed E-state index contributed by atoms with van der Waals surface area (Å²) >= 11 is 0. The lowest BCUT2D eigenvalue weighted by molar-refractivity contribution is -0.132. The molecule has 6 heteroatoms. The molecule has 4 rings (SSSR count). The van der Waals surface area contributed by atoms with Crippen molar-refractivity contribution in [3.63, 3.8) is 0 Å². The standard InChI is InChI=1S/C22H23N5O/c23-14-17(15-24-18-6-2-1-3-7-18)22(28)27-12-10-16(11-13-27)21-25-19-8-4-5-9-20(19)26-21/h1-9,14-17,23H,10-13H2,(H,25,26). The van der Waals surface area contributed by atoms with Crippen LogP contribution in [-0.4, -0.2) is 46.3 Å². The first-order chi connectivity index (χ1) is 13.7. The molecule has 1 aromatic heterocycles. The van der Waals surface area contributed by atoms with Gasteiger partial charge in [-0.1, -0.05) is 30.3 Å². The SMILES string of the molecule is N=CC(C=Nc1ccccc1)C(=O)N1CCC(c2nc3ccccc3[nH]2)CC1. The Morgan fingerprint density at radius 1 is 1.14 bits per heavy atom. The zero-order chi connectivity index (χ0) is 19.3. The number of hydrogen-bond acceptors (Lipinski definition) is 4. The lowest BCUT2D eigenvalue weighted by atomic mass is 9.95. The number of rotatable bonds is 5. The highest BCUT2D eigenvalue weighted by Gasteiger charge is 2.28. The summed E-state index contributed by atoms with van der Waals surface area (Å²) < 4.78 is 0. The van der Waals surface area contributed by atoms with Crippen LogP contribution in [0.3, 0.4) is 0 Å². The summed E-state index contributed by atoms with van der Waals surface area (Å²) in [6, 6.07) is 17.5. The predicted molar refractivity (Wildman–Crippen MR) is 112 cm³/mol. The summed E-state index contributed by atoms with van der Waals surface area (Å²) in [5.74, 6) is 0.649. The summed E-state index contributed by atoms with van der Waals surface area (Å²) in [4.78, 5) is 27.1. The highest BCUT2D eigenvalue weighted by atomic mass is 16.2. The molecule has 2 heterocycles.